The van der Waals surface area contributed by atoms with E-state index in [0.29, 0.717) is 5.92 Å². The Morgan fingerprint density at radius 2 is 1.79 bits per heavy atom. The van der Waals surface area contributed by atoms with Crippen molar-refractivity contribution in [2.24, 2.45) is 5.92 Å². The van der Waals surface area contributed by atoms with Gasteiger partial charge in [-0.2, -0.15) is 0 Å². The normalized spacial score (nSPS) is 19.5. The number of aromatic nitrogens is 1. The molecule has 1 fully saturated rings. The van der Waals surface area contributed by atoms with Crippen LogP contribution >= 0.6 is 0 Å². The van der Waals surface area contributed by atoms with Crippen LogP contribution in [-0.4, -0.2) is 16.9 Å². The summed E-state index contributed by atoms with van der Waals surface area (Å²) in [6, 6.07) is 16.5. The van der Waals surface area contributed by atoms with Crippen LogP contribution < -0.4 is 5.32 Å². The molecule has 1 aliphatic carbocycles. The van der Waals surface area contributed by atoms with Gasteiger partial charge in [0.05, 0.1) is 16.8 Å². The molecule has 1 saturated carbocycles. The molecule has 1 N–H and O–H groups in total. The van der Waals surface area contributed by atoms with Crippen LogP contribution in [0.25, 0.3) is 22.2 Å². The summed E-state index contributed by atoms with van der Waals surface area (Å²) in [6.07, 6.45) is 4.72. The lowest BCUT2D eigenvalue weighted by molar-refractivity contribution is 0.0912. The third kappa shape index (κ3) is 3.66. The number of aryl methyl sites for hydroxylation is 2. The molecule has 0 unspecified atom stereocenters. The van der Waals surface area contributed by atoms with Crippen molar-refractivity contribution in [2.45, 2.75) is 52.5 Å². The average Bonchev–Trinajstić information content (AvgIpc) is 2.71. The molecular formula is C25H28N2O. The predicted molar refractivity (Wildman–Crippen MR) is 116 cm³/mol. The molecule has 0 aliphatic heterocycles. The molecule has 2 atom stereocenters. The van der Waals surface area contributed by atoms with Crippen LogP contribution in [0.3, 0.4) is 0 Å². The van der Waals surface area contributed by atoms with Gasteiger partial charge in [-0.15, -0.1) is 0 Å². The molecule has 0 bridgehead atoms. The molecule has 0 radical (unpaired) electrons. The summed E-state index contributed by atoms with van der Waals surface area (Å²) in [4.78, 5) is 18.1. The van der Waals surface area contributed by atoms with Crippen molar-refractivity contribution in [3.63, 3.8) is 0 Å². The van der Waals surface area contributed by atoms with E-state index in [4.69, 9.17) is 4.98 Å². The zero-order valence-electron chi connectivity index (χ0n) is 17.0. The van der Waals surface area contributed by atoms with Gasteiger partial charge in [-0.05, 0) is 61.9 Å². The van der Waals surface area contributed by atoms with Gasteiger partial charge in [0.1, 0.15) is 0 Å². The fourth-order valence-corrected chi connectivity index (χ4v) is 4.19. The highest BCUT2D eigenvalue weighted by molar-refractivity contribution is 6.07. The van der Waals surface area contributed by atoms with E-state index in [2.05, 4.69) is 44.3 Å². The number of nitrogens with zero attached hydrogens (tertiary/aromatic N) is 1. The number of amides is 1. The molecular weight excluding hydrogens is 344 g/mol. The van der Waals surface area contributed by atoms with Crippen molar-refractivity contribution in [1.29, 1.82) is 0 Å². The Labute approximate surface area is 167 Å². The Morgan fingerprint density at radius 3 is 2.57 bits per heavy atom. The van der Waals surface area contributed by atoms with Crippen LogP contribution in [-0.2, 0) is 0 Å². The average molecular weight is 373 g/mol. The van der Waals surface area contributed by atoms with Crippen LogP contribution in [0, 0.1) is 19.8 Å². The van der Waals surface area contributed by atoms with Gasteiger partial charge in [-0.3, -0.25) is 4.79 Å². The molecule has 3 aromatic rings. The maximum atomic E-state index is 13.2. The largest absolute Gasteiger partial charge is 0.349 e. The lowest BCUT2D eigenvalue weighted by Gasteiger charge is -2.29. The van der Waals surface area contributed by atoms with Crippen LogP contribution in [0.5, 0.6) is 0 Å². The van der Waals surface area contributed by atoms with Gasteiger partial charge >= 0.3 is 0 Å². The molecule has 0 saturated heterocycles. The van der Waals surface area contributed by atoms with Crippen molar-refractivity contribution in [1.82, 2.24) is 10.3 Å². The number of hydrogen-bond acceptors (Lipinski definition) is 2. The van der Waals surface area contributed by atoms with E-state index in [1.807, 2.05) is 30.3 Å². The summed E-state index contributed by atoms with van der Waals surface area (Å²) in [6.45, 7) is 6.46. The lowest BCUT2D eigenvalue weighted by atomic mass is 9.85. The third-order valence-electron chi connectivity index (χ3n) is 6.19. The first-order chi connectivity index (χ1) is 13.5. The maximum absolute atomic E-state index is 13.2. The van der Waals surface area contributed by atoms with Gasteiger partial charge in [0.25, 0.3) is 5.91 Å². The highest BCUT2D eigenvalue weighted by Gasteiger charge is 2.24. The van der Waals surface area contributed by atoms with Gasteiger partial charge in [0, 0.05) is 17.0 Å². The summed E-state index contributed by atoms with van der Waals surface area (Å²) in [5.74, 6) is 0.549. The lowest BCUT2D eigenvalue weighted by Crippen LogP contribution is -2.41. The highest BCUT2D eigenvalue weighted by Crippen LogP contribution is 2.28. The summed E-state index contributed by atoms with van der Waals surface area (Å²) < 4.78 is 0. The van der Waals surface area contributed by atoms with Gasteiger partial charge < -0.3 is 5.32 Å². The summed E-state index contributed by atoms with van der Waals surface area (Å²) in [5.41, 5.74) is 5.97. The van der Waals surface area contributed by atoms with E-state index in [1.165, 1.54) is 30.4 Å². The summed E-state index contributed by atoms with van der Waals surface area (Å²) >= 11 is 0. The number of pyridine rings is 1. The molecule has 4 rings (SSSR count). The Kier molecular flexibility index (Phi) is 5.17. The molecule has 28 heavy (non-hydrogen) atoms. The number of rotatable bonds is 3. The molecule has 3 heteroatoms. The molecule has 1 aromatic heterocycles. The van der Waals surface area contributed by atoms with Crippen LogP contribution in [0.2, 0.25) is 0 Å². The van der Waals surface area contributed by atoms with Crippen molar-refractivity contribution in [3.05, 3.63) is 65.2 Å². The van der Waals surface area contributed by atoms with Crippen LogP contribution in [0.15, 0.2) is 48.5 Å². The molecule has 144 valence electrons. The van der Waals surface area contributed by atoms with E-state index in [0.717, 1.165) is 34.1 Å². The Morgan fingerprint density at radius 1 is 1.00 bits per heavy atom. The second-order valence-electron chi connectivity index (χ2n) is 8.21. The Balaban J connectivity index is 1.75. The smallest absolute Gasteiger partial charge is 0.252 e. The summed E-state index contributed by atoms with van der Waals surface area (Å²) in [5, 5.41) is 4.22. The minimum atomic E-state index is 0.0161. The predicted octanol–water partition coefficient (Wildman–Crippen LogP) is 5.83. The van der Waals surface area contributed by atoms with Crippen LogP contribution in [0.1, 0.15) is 54.1 Å². The van der Waals surface area contributed by atoms with Gasteiger partial charge in [0.15, 0.2) is 0 Å². The van der Waals surface area contributed by atoms with E-state index in [9.17, 15) is 4.79 Å². The number of carbonyl (C=O) groups excluding carboxylic acids is 1. The topological polar surface area (TPSA) is 42.0 Å². The fourth-order valence-electron chi connectivity index (χ4n) is 4.19. The molecule has 1 heterocycles. The first kappa shape index (κ1) is 18.7. The highest BCUT2D eigenvalue weighted by atomic mass is 16.1. The molecule has 3 nitrogen and oxygen atoms in total. The number of para-hydroxylation sites is 1. The monoisotopic (exact) mass is 372 g/mol. The maximum Gasteiger partial charge on any atom is 0.252 e. The molecule has 1 amide bonds. The Bertz CT molecular complexity index is 1020. The number of hydrogen-bond donors (Lipinski definition) is 1. The SMILES string of the molecule is Cc1ccc(-c2cc(C(=O)N[C@@H]3CCCC[C@H]3C)c3ccccc3n2)cc1C. The number of nitrogens with one attached hydrogen (secondary N) is 1. The van der Waals surface area contributed by atoms with E-state index in [-0.39, 0.29) is 11.9 Å². The zero-order chi connectivity index (χ0) is 19.7. The molecule has 0 spiro atoms. The standard InChI is InChI=1S/C25H28N2O/c1-16-12-13-19(14-18(16)3)24-15-21(20-9-5-7-11-23(20)26-24)25(28)27-22-10-6-4-8-17(22)2/h5,7,9,11-15,17,22H,4,6,8,10H2,1-3H3,(H,27,28)/t17-,22-/m1/s1. The first-order valence-electron chi connectivity index (χ1n) is 10.3. The van der Waals surface area contributed by atoms with E-state index < -0.39 is 0 Å². The first-order valence-corrected chi connectivity index (χ1v) is 10.3. The number of carbonyl (C=O) groups is 1. The van der Waals surface area contributed by atoms with Crippen molar-refractivity contribution >= 4 is 16.8 Å². The zero-order valence-corrected chi connectivity index (χ0v) is 17.0. The minimum absolute atomic E-state index is 0.0161. The van der Waals surface area contributed by atoms with Crippen molar-refractivity contribution in [2.75, 3.05) is 0 Å². The van der Waals surface area contributed by atoms with Gasteiger partial charge in [0.2, 0.25) is 0 Å². The second-order valence-corrected chi connectivity index (χ2v) is 8.21. The van der Waals surface area contributed by atoms with Crippen molar-refractivity contribution in [3.8, 4) is 11.3 Å². The third-order valence-corrected chi connectivity index (χ3v) is 6.19. The second kappa shape index (κ2) is 7.75. The molecule has 2 aromatic carbocycles. The van der Waals surface area contributed by atoms with E-state index in [1.54, 1.807) is 0 Å². The summed E-state index contributed by atoms with van der Waals surface area (Å²) in [7, 11) is 0. The minimum Gasteiger partial charge on any atom is -0.349 e. The van der Waals surface area contributed by atoms with E-state index >= 15 is 0 Å². The number of fused-ring (bicyclic) bond motifs is 1. The van der Waals surface area contributed by atoms with Gasteiger partial charge in [-0.25, -0.2) is 4.98 Å². The molecule has 1 aliphatic rings. The Hall–Kier alpha value is -2.68. The number of benzene rings is 2. The van der Waals surface area contributed by atoms with Crippen LogP contribution in [0.4, 0.5) is 0 Å². The fraction of sp³-hybridized carbons (Fsp3) is 0.360. The van der Waals surface area contributed by atoms with Gasteiger partial charge in [-0.1, -0.05) is 50.1 Å². The quantitative estimate of drug-likeness (QED) is 0.629. The van der Waals surface area contributed by atoms with Crippen molar-refractivity contribution < 1.29 is 4.79 Å².